The Balaban J connectivity index is 1.55. The van der Waals surface area contributed by atoms with Crippen molar-refractivity contribution in [2.45, 2.75) is 19.3 Å². The Bertz CT molecular complexity index is 887. The first-order valence-corrected chi connectivity index (χ1v) is 8.75. The van der Waals surface area contributed by atoms with E-state index in [0.29, 0.717) is 23.5 Å². The molecule has 0 amide bonds. The lowest BCUT2D eigenvalue weighted by atomic mass is 10.1. The third kappa shape index (κ3) is 3.14. The van der Waals surface area contributed by atoms with E-state index >= 15 is 0 Å². The number of likely N-dealkylation sites (tertiary alicyclic amines) is 1. The van der Waals surface area contributed by atoms with Gasteiger partial charge in [0.05, 0.1) is 30.1 Å². The molecule has 2 aromatic heterocycles. The summed E-state index contributed by atoms with van der Waals surface area (Å²) < 4.78 is 25.5. The maximum Gasteiger partial charge on any atom is 0.222 e. The molecule has 0 saturated carbocycles. The average molecular weight is 343 g/mol. The third-order valence-electron chi connectivity index (χ3n) is 4.82. The predicted octanol–water partition coefficient (Wildman–Crippen LogP) is 3.73. The summed E-state index contributed by atoms with van der Waals surface area (Å²) in [6.07, 6.45) is 5.04. The van der Waals surface area contributed by atoms with E-state index in [0.717, 1.165) is 29.4 Å². The van der Waals surface area contributed by atoms with E-state index in [4.69, 9.17) is 9.47 Å². The van der Waals surface area contributed by atoms with Crippen LogP contribution in [-0.2, 0) is 0 Å². The highest BCUT2D eigenvalue weighted by atomic mass is 19.1. The van der Waals surface area contributed by atoms with Gasteiger partial charge in [-0.25, -0.2) is 4.98 Å². The van der Waals surface area contributed by atoms with Crippen molar-refractivity contribution in [3.05, 3.63) is 30.3 Å². The first-order chi connectivity index (χ1) is 12.3. The van der Waals surface area contributed by atoms with Gasteiger partial charge in [-0.2, -0.15) is 4.39 Å². The number of H-pyrrole nitrogens is 1. The number of benzene rings is 1. The molecule has 0 radical (unpaired) electrons. The van der Waals surface area contributed by atoms with Gasteiger partial charge in [-0.1, -0.05) is 0 Å². The lowest BCUT2D eigenvalue weighted by Crippen LogP contribution is -2.21. The lowest BCUT2D eigenvalue weighted by Gasteiger charge is -2.15. The molecule has 1 aliphatic rings. The van der Waals surface area contributed by atoms with Crippen LogP contribution in [0.1, 0.15) is 19.3 Å². The molecule has 3 aromatic rings. The summed E-state index contributed by atoms with van der Waals surface area (Å²) >= 11 is 0. The van der Waals surface area contributed by atoms with Gasteiger partial charge in [0.15, 0.2) is 11.5 Å². The van der Waals surface area contributed by atoms with E-state index in [1.54, 1.807) is 13.2 Å². The van der Waals surface area contributed by atoms with Gasteiger partial charge in [0.25, 0.3) is 0 Å². The summed E-state index contributed by atoms with van der Waals surface area (Å²) in [4.78, 5) is 9.43. The fourth-order valence-corrected chi connectivity index (χ4v) is 3.56. The second-order valence-corrected chi connectivity index (χ2v) is 6.45. The van der Waals surface area contributed by atoms with Gasteiger partial charge in [0, 0.05) is 24.2 Å². The van der Waals surface area contributed by atoms with Crippen molar-refractivity contribution in [3.63, 3.8) is 0 Å². The molecule has 0 aliphatic carbocycles. The molecule has 1 aromatic carbocycles. The average Bonchev–Trinajstić information content (AvgIpc) is 3.25. The van der Waals surface area contributed by atoms with Crippen LogP contribution in [0, 0.1) is 5.95 Å². The molecule has 25 heavy (non-hydrogen) atoms. The maximum absolute atomic E-state index is 14.1. The summed E-state index contributed by atoms with van der Waals surface area (Å²) in [6, 6.07) is 5.46. The molecule has 1 fully saturated rings. The van der Waals surface area contributed by atoms with Crippen molar-refractivity contribution in [2.24, 2.45) is 0 Å². The van der Waals surface area contributed by atoms with E-state index in [9.17, 15) is 4.39 Å². The number of halogens is 1. The molecule has 0 spiro atoms. The van der Waals surface area contributed by atoms with Crippen molar-refractivity contribution in [1.29, 1.82) is 0 Å². The smallest absolute Gasteiger partial charge is 0.222 e. The zero-order chi connectivity index (χ0) is 17.2. The monoisotopic (exact) mass is 343 g/mol. The second kappa shape index (κ2) is 6.88. The van der Waals surface area contributed by atoms with Crippen LogP contribution >= 0.6 is 0 Å². The zero-order valence-corrected chi connectivity index (χ0v) is 14.3. The van der Waals surface area contributed by atoms with Gasteiger partial charge < -0.3 is 19.4 Å². The Kier molecular flexibility index (Phi) is 4.44. The highest BCUT2D eigenvalue weighted by molar-refractivity contribution is 6.08. The maximum atomic E-state index is 14.1. The Morgan fingerprint density at radius 2 is 2.04 bits per heavy atom. The number of ether oxygens (including phenoxy) is 2. The number of nitrogens with zero attached hydrogens (tertiary/aromatic N) is 2. The quantitative estimate of drug-likeness (QED) is 0.547. The summed E-state index contributed by atoms with van der Waals surface area (Å²) in [5.74, 6) is 0.805. The third-order valence-corrected chi connectivity index (χ3v) is 4.82. The molecule has 6 heteroatoms. The van der Waals surface area contributed by atoms with Crippen LogP contribution in [0.15, 0.2) is 24.4 Å². The minimum absolute atomic E-state index is 0.481. The minimum atomic E-state index is -0.481. The fourth-order valence-electron chi connectivity index (χ4n) is 3.56. The van der Waals surface area contributed by atoms with Crippen molar-refractivity contribution < 1.29 is 13.9 Å². The summed E-state index contributed by atoms with van der Waals surface area (Å²) in [5.41, 5.74) is 1.54. The zero-order valence-electron chi connectivity index (χ0n) is 14.3. The largest absolute Gasteiger partial charge is 0.493 e. The molecule has 1 saturated heterocycles. The summed E-state index contributed by atoms with van der Waals surface area (Å²) in [7, 11) is 1.60. The first kappa shape index (κ1) is 16.1. The molecule has 3 heterocycles. The molecule has 0 unspecified atom stereocenters. The Labute approximate surface area is 145 Å². The Hall–Kier alpha value is -2.34. The molecule has 1 N–H and O–H groups in total. The first-order valence-electron chi connectivity index (χ1n) is 8.75. The molecule has 132 valence electrons. The predicted molar refractivity (Wildman–Crippen MR) is 95.9 cm³/mol. The number of nitrogens with one attached hydrogen (secondary N) is 1. The summed E-state index contributed by atoms with van der Waals surface area (Å²) in [6.45, 7) is 4.09. The van der Waals surface area contributed by atoms with Gasteiger partial charge in [-0.15, -0.1) is 0 Å². The normalized spacial score (nSPS) is 15.3. The van der Waals surface area contributed by atoms with E-state index in [1.807, 2.05) is 12.1 Å². The van der Waals surface area contributed by atoms with Crippen molar-refractivity contribution in [1.82, 2.24) is 14.9 Å². The number of pyridine rings is 1. The number of aromatic amines is 1. The standard InChI is InChI=1S/C19H22FN3O2/c1-24-16-11-13-15(22-14-5-6-21-19(20)18(13)14)12-17(16)25-10-4-9-23-7-2-3-8-23/h5-6,11-12,22H,2-4,7-10H2,1H3. The number of aromatic nitrogens is 2. The molecule has 1 aliphatic heterocycles. The number of rotatable bonds is 6. The van der Waals surface area contributed by atoms with Gasteiger partial charge >= 0.3 is 0 Å². The van der Waals surface area contributed by atoms with Crippen LogP contribution in [0.5, 0.6) is 11.5 Å². The van der Waals surface area contributed by atoms with Gasteiger partial charge in [-0.3, -0.25) is 0 Å². The van der Waals surface area contributed by atoms with Crippen LogP contribution in [-0.4, -0.2) is 48.2 Å². The minimum Gasteiger partial charge on any atom is -0.493 e. The SMILES string of the molecule is COc1cc2c(cc1OCCCN1CCCC1)[nH]c1ccnc(F)c12. The van der Waals surface area contributed by atoms with Crippen LogP contribution in [0.2, 0.25) is 0 Å². The summed E-state index contributed by atoms with van der Waals surface area (Å²) in [5, 5.41) is 1.23. The molecule has 5 nitrogen and oxygen atoms in total. The van der Waals surface area contributed by atoms with Gasteiger partial charge in [0.1, 0.15) is 0 Å². The van der Waals surface area contributed by atoms with E-state index < -0.39 is 5.95 Å². The second-order valence-electron chi connectivity index (χ2n) is 6.45. The topological polar surface area (TPSA) is 50.4 Å². The van der Waals surface area contributed by atoms with Crippen LogP contribution < -0.4 is 9.47 Å². The molecule has 0 bridgehead atoms. The van der Waals surface area contributed by atoms with Crippen molar-refractivity contribution >= 4 is 21.8 Å². The fraction of sp³-hybridized carbons (Fsp3) is 0.421. The number of hydrogen-bond donors (Lipinski definition) is 1. The number of hydrogen-bond acceptors (Lipinski definition) is 4. The van der Waals surface area contributed by atoms with E-state index in [1.165, 1.54) is 32.1 Å². The lowest BCUT2D eigenvalue weighted by molar-refractivity contribution is 0.254. The number of fused-ring (bicyclic) bond motifs is 3. The van der Waals surface area contributed by atoms with E-state index in [-0.39, 0.29) is 0 Å². The van der Waals surface area contributed by atoms with Gasteiger partial charge in [0.2, 0.25) is 5.95 Å². The highest BCUT2D eigenvalue weighted by Gasteiger charge is 2.15. The molecule has 0 atom stereocenters. The van der Waals surface area contributed by atoms with E-state index in [2.05, 4.69) is 14.9 Å². The molecule has 4 rings (SSSR count). The van der Waals surface area contributed by atoms with Crippen LogP contribution in [0.4, 0.5) is 4.39 Å². The van der Waals surface area contributed by atoms with Gasteiger partial charge in [-0.05, 0) is 44.5 Å². The van der Waals surface area contributed by atoms with Crippen LogP contribution in [0.3, 0.4) is 0 Å². The highest BCUT2D eigenvalue weighted by Crippen LogP contribution is 2.36. The number of methoxy groups -OCH3 is 1. The van der Waals surface area contributed by atoms with Crippen LogP contribution in [0.25, 0.3) is 21.8 Å². The van der Waals surface area contributed by atoms with Crippen molar-refractivity contribution in [3.8, 4) is 11.5 Å². The Morgan fingerprint density at radius 3 is 2.84 bits per heavy atom. The molecular formula is C19H22FN3O2. The molecular weight excluding hydrogens is 321 g/mol. The van der Waals surface area contributed by atoms with Crippen molar-refractivity contribution in [2.75, 3.05) is 33.4 Å². The Morgan fingerprint density at radius 1 is 1.20 bits per heavy atom.